The molecule has 90 valence electrons. The van der Waals surface area contributed by atoms with Gasteiger partial charge in [-0.1, -0.05) is 6.42 Å². The summed E-state index contributed by atoms with van der Waals surface area (Å²) in [5.41, 5.74) is 0. The quantitative estimate of drug-likeness (QED) is 0.698. The molecule has 1 aliphatic heterocycles. The van der Waals surface area contributed by atoms with E-state index in [2.05, 4.69) is 0 Å². The van der Waals surface area contributed by atoms with Crippen LogP contribution in [0.2, 0.25) is 0 Å². The lowest BCUT2D eigenvalue weighted by atomic mass is 10.2. The van der Waals surface area contributed by atoms with Gasteiger partial charge in [-0.15, -0.1) is 3.97 Å². The monoisotopic (exact) mass is 244 g/mol. The molecule has 2 heterocycles. The number of rotatable bonds is 2. The third-order valence-corrected chi connectivity index (χ3v) is 5.05. The molecule has 0 atom stereocenters. The van der Waals surface area contributed by atoms with Gasteiger partial charge in [0.1, 0.15) is 12.4 Å². The predicted molar refractivity (Wildman–Crippen MR) is 60.1 cm³/mol. The van der Waals surface area contributed by atoms with E-state index in [0.717, 1.165) is 25.1 Å². The summed E-state index contributed by atoms with van der Waals surface area (Å²) in [5.74, 6) is 0.727. The molecule has 1 aromatic heterocycles. The highest BCUT2D eigenvalue weighted by molar-refractivity contribution is 7.87. The third-order valence-electron chi connectivity index (χ3n) is 3.14. The van der Waals surface area contributed by atoms with Crippen molar-refractivity contribution in [3.8, 4) is 0 Å². The van der Waals surface area contributed by atoms with Gasteiger partial charge in [-0.3, -0.25) is 0 Å². The summed E-state index contributed by atoms with van der Waals surface area (Å²) in [4.78, 5) is 0. The molecule has 1 aromatic rings. The van der Waals surface area contributed by atoms with Gasteiger partial charge < -0.3 is 0 Å². The summed E-state index contributed by atoms with van der Waals surface area (Å²) in [6.45, 7) is 3.09. The molecule has 1 saturated heterocycles. The van der Waals surface area contributed by atoms with Gasteiger partial charge in [0.15, 0.2) is 0 Å². The fourth-order valence-corrected chi connectivity index (χ4v) is 3.64. The topological polar surface area (TPSA) is 46.2 Å². The number of aryl methyl sites for hydroxylation is 1. The lowest BCUT2D eigenvalue weighted by Crippen LogP contribution is -2.41. The summed E-state index contributed by atoms with van der Waals surface area (Å²) in [5, 5.41) is 0. The maximum absolute atomic E-state index is 12.3. The first-order valence-corrected chi connectivity index (χ1v) is 6.97. The van der Waals surface area contributed by atoms with Crippen molar-refractivity contribution in [3.05, 3.63) is 18.2 Å². The van der Waals surface area contributed by atoms with E-state index in [9.17, 15) is 8.42 Å². The first-order chi connectivity index (χ1) is 7.53. The fraction of sp³-hybridized carbons (Fsp3) is 0.700. The van der Waals surface area contributed by atoms with Gasteiger partial charge in [0.05, 0.1) is 7.05 Å². The van der Waals surface area contributed by atoms with E-state index in [-0.39, 0.29) is 0 Å². The van der Waals surface area contributed by atoms with E-state index < -0.39 is 10.2 Å². The van der Waals surface area contributed by atoms with Crippen LogP contribution in [0.5, 0.6) is 0 Å². The van der Waals surface area contributed by atoms with Crippen LogP contribution in [-0.4, -0.2) is 29.8 Å². The molecule has 1 aliphatic rings. The summed E-state index contributed by atoms with van der Waals surface area (Å²) in [6, 6.07) is 0. The van der Waals surface area contributed by atoms with Crippen molar-refractivity contribution >= 4 is 10.2 Å². The molecule has 0 bridgehead atoms. The van der Waals surface area contributed by atoms with Crippen LogP contribution in [0.1, 0.15) is 25.1 Å². The zero-order valence-electron chi connectivity index (χ0n) is 9.76. The van der Waals surface area contributed by atoms with Gasteiger partial charge in [0.25, 0.3) is 5.82 Å². The van der Waals surface area contributed by atoms with E-state index >= 15 is 0 Å². The number of hydrogen-bond acceptors (Lipinski definition) is 2. The molecular weight excluding hydrogens is 226 g/mol. The molecule has 0 saturated carbocycles. The number of aromatic nitrogens is 2. The highest BCUT2D eigenvalue weighted by atomic mass is 32.2. The highest BCUT2D eigenvalue weighted by Crippen LogP contribution is 2.15. The average molecular weight is 244 g/mol. The van der Waals surface area contributed by atoms with Crippen molar-refractivity contribution in [1.82, 2.24) is 8.28 Å². The lowest BCUT2D eigenvalue weighted by molar-refractivity contribution is -0.676. The third kappa shape index (κ3) is 1.87. The Bertz CT molecular complexity index is 472. The fourth-order valence-electron chi connectivity index (χ4n) is 2.00. The Balaban J connectivity index is 2.34. The minimum absolute atomic E-state index is 0.643. The van der Waals surface area contributed by atoms with Gasteiger partial charge in [-0.25, -0.2) is 4.57 Å². The molecule has 2 rings (SSSR count). The molecule has 5 nitrogen and oxygen atoms in total. The van der Waals surface area contributed by atoms with E-state index in [0.29, 0.717) is 13.1 Å². The van der Waals surface area contributed by atoms with Crippen LogP contribution in [0.3, 0.4) is 0 Å². The minimum Gasteiger partial charge on any atom is -0.236 e. The van der Waals surface area contributed by atoms with Crippen LogP contribution >= 0.6 is 0 Å². The van der Waals surface area contributed by atoms with Gasteiger partial charge in [0.2, 0.25) is 0 Å². The van der Waals surface area contributed by atoms with Crippen molar-refractivity contribution in [2.45, 2.75) is 26.2 Å². The molecule has 0 unspecified atom stereocenters. The van der Waals surface area contributed by atoms with Crippen LogP contribution < -0.4 is 4.57 Å². The van der Waals surface area contributed by atoms with Crippen LogP contribution in [0, 0.1) is 6.92 Å². The van der Waals surface area contributed by atoms with Crippen molar-refractivity contribution in [2.24, 2.45) is 7.05 Å². The first-order valence-electron chi connectivity index (χ1n) is 5.58. The van der Waals surface area contributed by atoms with Gasteiger partial charge >= 0.3 is 10.2 Å². The van der Waals surface area contributed by atoms with E-state index in [4.69, 9.17) is 0 Å². The van der Waals surface area contributed by atoms with Gasteiger partial charge in [-0.05, 0) is 12.8 Å². The molecule has 0 N–H and O–H groups in total. The molecule has 6 heteroatoms. The molecule has 0 aliphatic carbocycles. The van der Waals surface area contributed by atoms with Crippen LogP contribution in [0.25, 0.3) is 0 Å². The van der Waals surface area contributed by atoms with Crippen molar-refractivity contribution in [3.63, 3.8) is 0 Å². The molecule has 0 aromatic carbocycles. The van der Waals surface area contributed by atoms with Gasteiger partial charge in [-0.2, -0.15) is 12.7 Å². The molecule has 16 heavy (non-hydrogen) atoms. The smallest absolute Gasteiger partial charge is 0.236 e. The predicted octanol–water partition coefficient (Wildman–Crippen LogP) is 0.200. The van der Waals surface area contributed by atoms with E-state index in [1.165, 1.54) is 3.97 Å². The number of nitrogens with zero attached hydrogens (tertiary/aromatic N) is 3. The second kappa shape index (κ2) is 4.18. The minimum atomic E-state index is -3.34. The first kappa shape index (κ1) is 11.6. The number of hydrogen-bond donors (Lipinski definition) is 0. The van der Waals surface area contributed by atoms with Crippen molar-refractivity contribution < 1.29 is 13.0 Å². The normalized spacial score (nSPS) is 18.9. The number of imidazole rings is 1. The Hall–Kier alpha value is -0.880. The SMILES string of the molecule is Cc1n(S(=O)(=O)N2CCCCC2)cc[n+]1C. The second-order valence-corrected chi connectivity index (χ2v) is 6.03. The Kier molecular flexibility index (Phi) is 3.03. The Morgan fingerprint density at radius 1 is 1.25 bits per heavy atom. The second-order valence-electron chi connectivity index (χ2n) is 4.22. The van der Waals surface area contributed by atoms with Crippen LogP contribution in [0.15, 0.2) is 12.4 Å². The molecule has 0 radical (unpaired) electrons. The summed E-state index contributed by atoms with van der Waals surface area (Å²) < 4.78 is 29.3. The summed E-state index contributed by atoms with van der Waals surface area (Å²) >= 11 is 0. The van der Waals surface area contributed by atoms with Crippen LogP contribution in [0.4, 0.5) is 0 Å². The van der Waals surface area contributed by atoms with E-state index in [1.807, 2.05) is 18.5 Å². The Morgan fingerprint density at radius 2 is 1.88 bits per heavy atom. The molecule has 0 amide bonds. The Labute approximate surface area is 96.5 Å². The largest absolute Gasteiger partial charge is 0.380 e. The summed E-state index contributed by atoms with van der Waals surface area (Å²) in [6.07, 6.45) is 6.43. The standard InChI is InChI=1S/C10H18N3O2S/c1-10-11(2)8-9-13(10)16(14,15)12-6-4-3-5-7-12/h8-9H,3-7H2,1-2H3/q+1. The molecule has 1 fully saturated rings. The highest BCUT2D eigenvalue weighted by Gasteiger charge is 2.31. The van der Waals surface area contributed by atoms with Crippen molar-refractivity contribution in [2.75, 3.05) is 13.1 Å². The molecular formula is C10H18N3O2S+. The van der Waals surface area contributed by atoms with Gasteiger partial charge in [0, 0.05) is 20.0 Å². The Morgan fingerprint density at radius 3 is 2.38 bits per heavy atom. The van der Waals surface area contributed by atoms with Crippen LogP contribution in [-0.2, 0) is 17.3 Å². The molecule has 0 spiro atoms. The van der Waals surface area contributed by atoms with E-state index in [1.54, 1.807) is 16.7 Å². The zero-order valence-corrected chi connectivity index (χ0v) is 10.6. The average Bonchev–Trinajstić information content (AvgIpc) is 2.61. The number of piperidine rings is 1. The van der Waals surface area contributed by atoms with Crippen molar-refractivity contribution in [1.29, 1.82) is 0 Å². The maximum Gasteiger partial charge on any atom is 0.380 e. The maximum atomic E-state index is 12.3. The lowest BCUT2D eigenvalue weighted by Gasteiger charge is -2.23. The summed E-state index contributed by atoms with van der Waals surface area (Å²) in [7, 11) is -1.50. The zero-order chi connectivity index (χ0) is 11.8.